The molecule has 4 nitrogen and oxygen atoms in total. The van der Waals surface area contributed by atoms with Gasteiger partial charge in [-0.3, -0.25) is 4.79 Å². The molecule has 5 heteroatoms. The zero-order valence-electron chi connectivity index (χ0n) is 21.3. The molecule has 3 fully saturated rings. The van der Waals surface area contributed by atoms with E-state index in [0.717, 1.165) is 62.5 Å². The monoisotopic (exact) mass is 498 g/mol. The zero-order valence-corrected chi connectivity index (χ0v) is 22.1. The van der Waals surface area contributed by atoms with Gasteiger partial charge in [0.2, 0.25) is 0 Å². The Morgan fingerprint density at radius 2 is 1.91 bits per heavy atom. The Hall–Kier alpha value is -1.78. The van der Waals surface area contributed by atoms with E-state index >= 15 is 0 Å². The topological polar surface area (TPSA) is 55.8 Å². The van der Waals surface area contributed by atoms with E-state index in [4.69, 9.17) is 21.1 Å². The molecule has 0 saturated heterocycles. The van der Waals surface area contributed by atoms with E-state index in [9.17, 15) is 9.90 Å². The van der Waals surface area contributed by atoms with Crippen LogP contribution in [-0.2, 0) is 4.79 Å². The highest BCUT2D eigenvalue weighted by molar-refractivity contribution is 6.17. The largest absolute Gasteiger partial charge is 0.493 e. The number of halogens is 1. The predicted octanol–water partition coefficient (Wildman–Crippen LogP) is 6.59. The van der Waals surface area contributed by atoms with Crippen molar-refractivity contribution in [3.63, 3.8) is 0 Å². The minimum Gasteiger partial charge on any atom is -0.493 e. The smallest absolute Gasteiger partial charge is 0.165 e. The van der Waals surface area contributed by atoms with Crippen LogP contribution in [0, 0.1) is 28.6 Å². The van der Waals surface area contributed by atoms with E-state index in [0.29, 0.717) is 47.5 Å². The van der Waals surface area contributed by atoms with Gasteiger partial charge in [-0.2, -0.15) is 0 Å². The number of fused-ring (bicyclic) bond motifs is 5. The Morgan fingerprint density at radius 1 is 1.11 bits per heavy atom. The molecule has 1 aromatic carbocycles. The lowest BCUT2D eigenvalue weighted by Gasteiger charge is -2.56. The highest BCUT2D eigenvalue weighted by Crippen LogP contribution is 2.64. The third-order valence-corrected chi connectivity index (χ3v) is 10.0. The predicted molar refractivity (Wildman–Crippen MR) is 140 cm³/mol. The van der Waals surface area contributed by atoms with Gasteiger partial charge in [-0.15, -0.1) is 11.6 Å². The lowest BCUT2D eigenvalue weighted by atomic mass is 9.48. The number of ketones is 1. The molecular weight excluding hydrogens is 460 g/mol. The third-order valence-electron chi connectivity index (χ3n) is 9.78. The Morgan fingerprint density at radius 3 is 2.69 bits per heavy atom. The van der Waals surface area contributed by atoms with E-state index < -0.39 is 0 Å². The van der Waals surface area contributed by atoms with E-state index in [1.165, 1.54) is 5.57 Å². The number of carbonyl (C=O) groups is 1. The molecule has 6 atom stereocenters. The van der Waals surface area contributed by atoms with E-state index in [-0.39, 0.29) is 16.9 Å². The second-order valence-corrected chi connectivity index (χ2v) is 12.0. The summed E-state index contributed by atoms with van der Waals surface area (Å²) < 4.78 is 11.4. The number of hydrogen-bond acceptors (Lipinski definition) is 4. The highest BCUT2D eigenvalue weighted by atomic mass is 35.5. The summed E-state index contributed by atoms with van der Waals surface area (Å²) in [5, 5.41) is 10.3. The summed E-state index contributed by atoms with van der Waals surface area (Å²) >= 11 is 5.76. The van der Waals surface area contributed by atoms with Gasteiger partial charge in [0, 0.05) is 11.3 Å². The lowest BCUT2D eigenvalue weighted by Crippen LogP contribution is -2.50. The Kier molecular flexibility index (Phi) is 6.82. The van der Waals surface area contributed by atoms with Crippen LogP contribution in [0.1, 0.15) is 70.8 Å². The summed E-state index contributed by atoms with van der Waals surface area (Å²) in [4.78, 5) is 13.8. The van der Waals surface area contributed by atoms with Gasteiger partial charge in [-0.1, -0.05) is 31.6 Å². The van der Waals surface area contributed by atoms with Gasteiger partial charge >= 0.3 is 0 Å². The van der Waals surface area contributed by atoms with Crippen molar-refractivity contribution in [1.29, 1.82) is 0 Å². The van der Waals surface area contributed by atoms with E-state index in [1.54, 1.807) is 7.11 Å². The van der Waals surface area contributed by atoms with Gasteiger partial charge < -0.3 is 14.6 Å². The number of alkyl halides is 1. The average molecular weight is 499 g/mol. The molecule has 0 radical (unpaired) electrons. The lowest BCUT2D eigenvalue weighted by molar-refractivity contribution is -0.130. The van der Waals surface area contributed by atoms with Gasteiger partial charge in [0.05, 0.1) is 19.8 Å². The number of aliphatic hydroxyl groups excluding tert-OH is 1. The maximum Gasteiger partial charge on any atom is 0.165 e. The van der Waals surface area contributed by atoms with Crippen LogP contribution in [0.5, 0.6) is 11.5 Å². The zero-order chi connectivity index (χ0) is 24.8. The van der Waals surface area contributed by atoms with Crippen molar-refractivity contribution in [2.24, 2.45) is 28.6 Å². The summed E-state index contributed by atoms with van der Waals surface area (Å²) in [6.07, 6.45) is 11.9. The highest BCUT2D eigenvalue weighted by Gasteiger charge is 2.59. The SMILES string of the molecule is COc1cc(C=C2C[C@H]3[C@@H]4CC=C5C[C@@H](O)CC[C@]5(C)[C@H]4CC[C@]3(C)C2=O)ccc1OCCCCl. The fourth-order valence-electron chi connectivity index (χ4n) is 7.77. The molecule has 5 rings (SSSR count). The van der Waals surface area contributed by atoms with Crippen molar-refractivity contribution in [3.05, 3.63) is 41.0 Å². The summed E-state index contributed by atoms with van der Waals surface area (Å²) in [5.41, 5.74) is 3.33. The molecule has 4 aliphatic rings. The number of aliphatic hydroxyl groups is 1. The fourth-order valence-corrected chi connectivity index (χ4v) is 7.88. The third kappa shape index (κ3) is 4.25. The van der Waals surface area contributed by atoms with E-state index in [2.05, 4.69) is 26.0 Å². The Balaban J connectivity index is 1.40. The van der Waals surface area contributed by atoms with Gasteiger partial charge in [0.1, 0.15) is 0 Å². The molecule has 0 unspecified atom stereocenters. The molecular formula is C30H39ClO4. The second kappa shape index (κ2) is 9.59. The molecule has 4 aliphatic carbocycles. The van der Waals surface area contributed by atoms with Crippen molar-refractivity contribution >= 4 is 23.5 Å². The summed E-state index contributed by atoms with van der Waals surface area (Å²) in [6.45, 7) is 5.20. The molecule has 0 aliphatic heterocycles. The number of methoxy groups -OCH3 is 1. The summed E-state index contributed by atoms with van der Waals surface area (Å²) in [5.74, 6) is 3.83. The number of allylic oxidation sites excluding steroid dienone is 2. The van der Waals surface area contributed by atoms with Crippen molar-refractivity contribution in [3.8, 4) is 11.5 Å². The first-order chi connectivity index (χ1) is 16.8. The van der Waals surface area contributed by atoms with Gasteiger partial charge in [0.15, 0.2) is 17.3 Å². The second-order valence-electron chi connectivity index (χ2n) is 11.6. The minimum atomic E-state index is -0.266. The molecule has 0 bridgehead atoms. The molecule has 0 spiro atoms. The normalized spacial score (nSPS) is 37.3. The molecule has 1 N–H and O–H groups in total. The quantitative estimate of drug-likeness (QED) is 0.208. The van der Waals surface area contributed by atoms with Crippen LogP contribution in [0.25, 0.3) is 6.08 Å². The van der Waals surface area contributed by atoms with Crippen molar-refractivity contribution in [1.82, 2.24) is 0 Å². The number of benzene rings is 1. The first kappa shape index (κ1) is 24.9. The van der Waals surface area contributed by atoms with Gasteiger partial charge in [-0.05, 0) is 104 Å². The van der Waals surface area contributed by atoms with Crippen LogP contribution in [0.4, 0.5) is 0 Å². The number of hydrogen-bond donors (Lipinski definition) is 1. The standard InChI is InChI=1S/C30H39ClO4/c1-29-11-9-22(32)18-21(29)6-7-23-24(29)10-12-30(2)25(23)17-20(28(30)33)15-19-5-8-26(27(16-19)34-3)35-14-4-13-31/h5-6,8,15-16,22-25,32H,4,7,9-14,17-18H2,1-3H3/t22-,23+,24-,25-,29-,30-/m0/s1. The van der Waals surface area contributed by atoms with Crippen molar-refractivity contribution in [2.45, 2.75) is 71.3 Å². The molecule has 1 aromatic rings. The van der Waals surface area contributed by atoms with Gasteiger partial charge in [-0.25, -0.2) is 0 Å². The first-order valence-corrected chi connectivity index (χ1v) is 13.8. The molecule has 0 heterocycles. The van der Waals surface area contributed by atoms with Crippen LogP contribution in [0.3, 0.4) is 0 Å². The minimum absolute atomic E-state index is 0.184. The number of Topliss-reactive ketones (excluding diaryl/α,β-unsaturated/α-hetero) is 1. The number of ether oxygens (including phenoxy) is 2. The van der Waals surface area contributed by atoms with Crippen LogP contribution in [0.15, 0.2) is 35.4 Å². The van der Waals surface area contributed by atoms with Crippen LogP contribution in [0.2, 0.25) is 0 Å². The summed E-state index contributed by atoms with van der Waals surface area (Å²) in [7, 11) is 1.65. The van der Waals surface area contributed by atoms with E-state index in [1.807, 2.05) is 18.2 Å². The maximum atomic E-state index is 13.8. The molecule has 0 aromatic heterocycles. The van der Waals surface area contributed by atoms with Gasteiger partial charge in [0.25, 0.3) is 0 Å². The fraction of sp³-hybridized carbons (Fsp3) is 0.633. The Labute approximate surface area is 214 Å². The number of carbonyl (C=O) groups excluding carboxylic acids is 1. The van der Waals surface area contributed by atoms with Crippen LogP contribution < -0.4 is 9.47 Å². The Bertz CT molecular complexity index is 1040. The molecule has 190 valence electrons. The van der Waals surface area contributed by atoms with Crippen LogP contribution >= 0.6 is 11.6 Å². The number of rotatable bonds is 6. The van der Waals surface area contributed by atoms with Crippen LogP contribution in [-0.4, -0.2) is 36.6 Å². The molecule has 35 heavy (non-hydrogen) atoms. The molecule has 0 amide bonds. The van der Waals surface area contributed by atoms with Crippen molar-refractivity contribution in [2.75, 3.05) is 19.6 Å². The molecule has 3 saturated carbocycles. The maximum absolute atomic E-state index is 13.8. The summed E-state index contributed by atoms with van der Waals surface area (Å²) in [6, 6.07) is 5.90. The van der Waals surface area contributed by atoms with Crippen molar-refractivity contribution < 1.29 is 19.4 Å². The average Bonchev–Trinajstić information content (AvgIpc) is 3.10. The first-order valence-electron chi connectivity index (χ1n) is 13.3.